The highest BCUT2D eigenvalue weighted by atomic mass is 16.5. The monoisotopic (exact) mass is 144 g/mol. The van der Waals surface area contributed by atoms with Gasteiger partial charge in [0.1, 0.15) is 5.78 Å². The van der Waals surface area contributed by atoms with Gasteiger partial charge < -0.3 is 9.53 Å². The number of methoxy groups -OCH3 is 1. The average Bonchev–Trinajstić information content (AvgIpc) is 1.82. The van der Waals surface area contributed by atoms with E-state index in [1.807, 2.05) is 0 Å². The fourth-order valence-electron chi connectivity index (χ4n) is 0.912. The van der Waals surface area contributed by atoms with Crippen LogP contribution in [0.2, 0.25) is 0 Å². The summed E-state index contributed by atoms with van der Waals surface area (Å²) < 4.78 is 4.88. The topological polar surface area (TPSA) is 26.3 Å². The van der Waals surface area contributed by atoms with Gasteiger partial charge in [-0.2, -0.15) is 0 Å². The fourth-order valence-corrected chi connectivity index (χ4v) is 0.912. The molecule has 0 N–H and O–H groups in total. The zero-order valence-electron chi connectivity index (χ0n) is 7.02. The van der Waals surface area contributed by atoms with Crippen LogP contribution in [0.5, 0.6) is 0 Å². The molecule has 0 heterocycles. The molecule has 2 nitrogen and oxygen atoms in total. The number of ether oxygens (including phenoxy) is 1. The molecule has 0 bridgehead atoms. The van der Waals surface area contributed by atoms with Crippen molar-refractivity contribution in [3.8, 4) is 0 Å². The van der Waals surface area contributed by atoms with Crippen molar-refractivity contribution in [1.29, 1.82) is 0 Å². The number of hydrogen-bond donors (Lipinski definition) is 0. The maximum Gasteiger partial charge on any atom is 0.130 e. The van der Waals surface area contributed by atoms with Gasteiger partial charge in [0.25, 0.3) is 0 Å². The van der Waals surface area contributed by atoms with Crippen molar-refractivity contribution in [3.63, 3.8) is 0 Å². The van der Waals surface area contributed by atoms with Crippen molar-refractivity contribution >= 4 is 5.78 Å². The Balaban J connectivity index is 3.25. The number of carbonyl (C=O) groups is 1. The molecule has 0 aromatic rings. The first kappa shape index (κ1) is 9.63. The first-order valence-electron chi connectivity index (χ1n) is 3.65. The SMILES string of the molecule is COCCC(C)CC(C)=O. The maximum absolute atomic E-state index is 10.6. The largest absolute Gasteiger partial charge is 0.385 e. The van der Waals surface area contributed by atoms with Gasteiger partial charge >= 0.3 is 0 Å². The van der Waals surface area contributed by atoms with Gasteiger partial charge in [-0.3, -0.25) is 0 Å². The lowest BCUT2D eigenvalue weighted by Crippen LogP contribution is -2.04. The van der Waals surface area contributed by atoms with Crippen LogP contribution in [0.1, 0.15) is 26.7 Å². The molecule has 0 spiro atoms. The molecule has 2 heteroatoms. The minimum Gasteiger partial charge on any atom is -0.385 e. The minimum atomic E-state index is 0.267. The molecule has 0 aliphatic heterocycles. The first-order chi connectivity index (χ1) is 4.66. The molecule has 0 rings (SSSR count). The highest BCUT2D eigenvalue weighted by Gasteiger charge is 2.03. The van der Waals surface area contributed by atoms with Gasteiger partial charge in [-0.25, -0.2) is 0 Å². The summed E-state index contributed by atoms with van der Waals surface area (Å²) in [7, 11) is 1.68. The van der Waals surface area contributed by atoms with Crippen LogP contribution < -0.4 is 0 Å². The average molecular weight is 144 g/mol. The Kier molecular flexibility index (Phi) is 5.22. The summed E-state index contributed by atoms with van der Waals surface area (Å²) in [6.07, 6.45) is 1.67. The Bertz CT molecular complexity index is 99.4. The van der Waals surface area contributed by atoms with Gasteiger partial charge in [-0.1, -0.05) is 6.92 Å². The molecular weight excluding hydrogens is 128 g/mol. The van der Waals surface area contributed by atoms with Crippen molar-refractivity contribution < 1.29 is 9.53 Å². The summed E-state index contributed by atoms with van der Waals surface area (Å²) in [4.78, 5) is 10.6. The third-order valence-corrected chi connectivity index (χ3v) is 1.45. The van der Waals surface area contributed by atoms with Crippen molar-refractivity contribution in [3.05, 3.63) is 0 Å². The van der Waals surface area contributed by atoms with Crippen LogP contribution in [-0.4, -0.2) is 19.5 Å². The number of rotatable bonds is 5. The summed E-state index contributed by atoms with van der Waals surface area (Å²) >= 11 is 0. The molecular formula is C8H16O2. The summed E-state index contributed by atoms with van der Waals surface area (Å²) in [5, 5.41) is 0. The van der Waals surface area contributed by atoms with Crippen molar-refractivity contribution in [2.45, 2.75) is 26.7 Å². The molecule has 0 aliphatic rings. The molecule has 0 radical (unpaired) electrons. The van der Waals surface area contributed by atoms with Crippen LogP contribution in [0.25, 0.3) is 0 Å². The molecule has 1 unspecified atom stereocenters. The van der Waals surface area contributed by atoms with E-state index in [-0.39, 0.29) is 5.78 Å². The van der Waals surface area contributed by atoms with Crippen molar-refractivity contribution in [1.82, 2.24) is 0 Å². The van der Waals surface area contributed by atoms with E-state index in [1.54, 1.807) is 14.0 Å². The third-order valence-electron chi connectivity index (χ3n) is 1.45. The van der Waals surface area contributed by atoms with E-state index in [0.717, 1.165) is 13.0 Å². The normalized spacial score (nSPS) is 13.1. The second kappa shape index (κ2) is 5.42. The van der Waals surface area contributed by atoms with Crippen LogP contribution in [-0.2, 0) is 9.53 Å². The summed E-state index contributed by atoms with van der Waals surface area (Å²) in [6.45, 7) is 4.46. The Labute approximate surface area is 62.6 Å². The Morgan fingerprint density at radius 1 is 1.60 bits per heavy atom. The third kappa shape index (κ3) is 5.76. The number of hydrogen-bond acceptors (Lipinski definition) is 2. The maximum atomic E-state index is 10.6. The highest BCUT2D eigenvalue weighted by molar-refractivity contribution is 5.75. The van der Waals surface area contributed by atoms with E-state index in [9.17, 15) is 4.79 Å². The standard InChI is InChI=1S/C8H16O2/c1-7(4-5-10-3)6-8(2)9/h7H,4-6H2,1-3H3. The van der Waals surface area contributed by atoms with E-state index >= 15 is 0 Å². The molecule has 0 aromatic heterocycles. The van der Waals surface area contributed by atoms with Crippen LogP contribution >= 0.6 is 0 Å². The molecule has 10 heavy (non-hydrogen) atoms. The second-order valence-electron chi connectivity index (χ2n) is 2.79. The fraction of sp³-hybridized carbons (Fsp3) is 0.875. The smallest absolute Gasteiger partial charge is 0.130 e. The van der Waals surface area contributed by atoms with Crippen LogP contribution in [0.15, 0.2) is 0 Å². The number of carbonyl (C=O) groups excluding carboxylic acids is 1. The Morgan fingerprint density at radius 2 is 2.20 bits per heavy atom. The highest BCUT2D eigenvalue weighted by Crippen LogP contribution is 2.06. The molecule has 0 amide bonds. The van der Waals surface area contributed by atoms with Crippen molar-refractivity contribution in [2.24, 2.45) is 5.92 Å². The van der Waals surface area contributed by atoms with Crippen molar-refractivity contribution in [2.75, 3.05) is 13.7 Å². The van der Waals surface area contributed by atoms with E-state index in [1.165, 1.54) is 0 Å². The lowest BCUT2D eigenvalue weighted by Gasteiger charge is -2.06. The van der Waals surface area contributed by atoms with Crippen LogP contribution in [0.3, 0.4) is 0 Å². The van der Waals surface area contributed by atoms with E-state index < -0.39 is 0 Å². The Morgan fingerprint density at radius 3 is 2.60 bits per heavy atom. The molecule has 0 saturated carbocycles. The zero-order chi connectivity index (χ0) is 7.98. The van der Waals surface area contributed by atoms with Gasteiger partial charge in [0.05, 0.1) is 0 Å². The molecule has 0 aromatic carbocycles. The lowest BCUT2D eigenvalue weighted by atomic mass is 10.0. The molecule has 1 atom stereocenters. The molecule has 0 aliphatic carbocycles. The predicted molar refractivity (Wildman–Crippen MR) is 41.0 cm³/mol. The number of Topliss-reactive ketones (excluding diaryl/α,β-unsaturated/α-hetero) is 1. The van der Waals surface area contributed by atoms with Crippen LogP contribution in [0.4, 0.5) is 0 Å². The van der Waals surface area contributed by atoms with Gasteiger partial charge in [0.15, 0.2) is 0 Å². The van der Waals surface area contributed by atoms with Crippen LogP contribution in [0, 0.1) is 5.92 Å². The minimum absolute atomic E-state index is 0.267. The zero-order valence-corrected chi connectivity index (χ0v) is 7.02. The van der Waals surface area contributed by atoms with Gasteiger partial charge in [-0.15, -0.1) is 0 Å². The van der Waals surface area contributed by atoms with Gasteiger partial charge in [0, 0.05) is 20.1 Å². The second-order valence-corrected chi connectivity index (χ2v) is 2.79. The molecule has 0 fully saturated rings. The van der Waals surface area contributed by atoms with E-state index in [0.29, 0.717) is 12.3 Å². The predicted octanol–water partition coefficient (Wildman–Crippen LogP) is 1.64. The first-order valence-corrected chi connectivity index (χ1v) is 3.65. The van der Waals surface area contributed by atoms with Gasteiger partial charge in [-0.05, 0) is 19.3 Å². The van der Waals surface area contributed by atoms with E-state index in [2.05, 4.69) is 6.92 Å². The number of ketones is 1. The molecule has 60 valence electrons. The summed E-state index contributed by atoms with van der Waals surface area (Å²) in [5.74, 6) is 0.737. The quantitative estimate of drug-likeness (QED) is 0.586. The van der Waals surface area contributed by atoms with E-state index in [4.69, 9.17) is 4.74 Å². The molecule has 0 saturated heterocycles. The Hall–Kier alpha value is -0.370. The summed E-state index contributed by atoms with van der Waals surface area (Å²) in [6, 6.07) is 0. The summed E-state index contributed by atoms with van der Waals surface area (Å²) in [5.41, 5.74) is 0. The van der Waals surface area contributed by atoms with Gasteiger partial charge in [0.2, 0.25) is 0 Å². The lowest BCUT2D eigenvalue weighted by molar-refractivity contribution is -0.117.